The lowest BCUT2D eigenvalue weighted by atomic mass is 9.69. The largest absolute Gasteiger partial charge is 0.269 e. The number of hydrogen-bond donors (Lipinski definition) is 0. The fraction of sp³-hybridized carbons (Fsp3) is 0.800. The SMILES string of the molecule is CCC=CC(=O)N1[C@@H]2CC3CCC2(CS1(=O)=O)C3(C)C. The fourth-order valence-corrected chi connectivity index (χ4v) is 7.38. The van der Waals surface area contributed by atoms with Crippen molar-refractivity contribution in [2.24, 2.45) is 16.7 Å². The molecule has 1 spiro atoms. The van der Waals surface area contributed by atoms with E-state index in [4.69, 9.17) is 0 Å². The highest BCUT2D eigenvalue weighted by molar-refractivity contribution is 7.90. The summed E-state index contributed by atoms with van der Waals surface area (Å²) in [5, 5.41) is 0. The number of carbonyl (C=O) groups is 1. The Morgan fingerprint density at radius 1 is 1.40 bits per heavy atom. The second-order valence-corrected chi connectivity index (χ2v) is 8.91. The van der Waals surface area contributed by atoms with E-state index in [-0.39, 0.29) is 28.5 Å². The zero-order valence-electron chi connectivity index (χ0n) is 12.4. The van der Waals surface area contributed by atoms with Crippen molar-refractivity contribution in [3.63, 3.8) is 0 Å². The minimum atomic E-state index is -3.46. The van der Waals surface area contributed by atoms with Crippen LogP contribution in [0.3, 0.4) is 0 Å². The standard InChI is InChI=1S/C15H23NO3S/c1-4-5-6-13(17)16-12-9-11-7-8-15(12,14(11,2)3)10-20(16,18)19/h5-6,11-12H,4,7-10H2,1-3H3/t11?,12-,15?/m1/s1. The Kier molecular flexibility index (Phi) is 2.89. The predicted molar refractivity (Wildman–Crippen MR) is 77.4 cm³/mol. The highest BCUT2D eigenvalue weighted by atomic mass is 32.2. The van der Waals surface area contributed by atoms with Crippen molar-refractivity contribution < 1.29 is 13.2 Å². The van der Waals surface area contributed by atoms with Gasteiger partial charge in [0.05, 0.1) is 11.8 Å². The van der Waals surface area contributed by atoms with Crippen molar-refractivity contribution in [3.05, 3.63) is 12.2 Å². The van der Waals surface area contributed by atoms with Crippen molar-refractivity contribution in [2.45, 2.75) is 52.5 Å². The maximum Gasteiger partial charge on any atom is 0.259 e. The third kappa shape index (κ3) is 1.53. The number of carbonyl (C=O) groups excluding carboxylic acids is 1. The molecule has 0 aromatic rings. The average molecular weight is 297 g/mol. The molecule has 112 valence electrons. The molecule has 2 aliphatic carbocycles. The van der Waals surface area contributed by atoms with E-state index >= 15 is 0 Å². The Hall–Kier alpha value is -0.840. The predicted octanol–water partition coefficient (Wildman–Crippen LogP) is 2.32. The van der Waals surface area contributed by atoms with E-state index in [9.17, 15) is 13.2 Å². The van der Waals surface area contributed by atoms with Crippen molar-refractivity contribution in [3.8, 4) is 0 Å². The second kappa shape index (κ2) is 4.09. The van der Waals surface area contributed by atoms with E-state index in [1.807, 2.05) is 6.92 Å². The highest BCUT2D eigenvalue weighted by Crippen LogP contribution is 2.69. The molecule has 0 aromatic carbocycles. The Bertz CT molecular complexity index is 578. The zero-order valence-corrected chi connectivity index (χ0v) is 13.2. The molecule has 3 rings (SSSR count). The van der Waals surface area contributed by atoms with E-state index in [0.717, 1.165) is 25.7 Å². The molecule has 20 heavy (non-hydrogen) atoms. The Morgan fingerprint density at radius 3 is 2.70 bits per heavy atom. The molecule has 0 N–H and O–H groups in total. The van der Waals surface area contributed by atoms with Gasteiger partial charge in [-0.1, -0.05) is 26.8 Å². The number of rotatable bonds is 2. The first kappa shape index (κ1) is 14.1. The molecule has 4 nitrogen and oxygen atoms in total. The quantitative estimate of drug-likeness (QED) is 0.735. The van der Waals surface area contributed by atoms with Gasteiger partial charge < -0.3 is 0 Å². The van der Waals surface area contributed by atoms with E-state index < -0.39 is 10.0 Å². The van der Waals surface area contributed by atoms with Crippen LogP contribution in [0.15, 0.2) is 12.2 Å². The minimum absolute atomic E-state index is 0.0221. The van der Waals surface area contributed by atoms with E-state index in [1.54, 1.807) is 6.08 Å². The van der Waals surface area contributed by atoms with Crippen LogP contribution in [0.4, 0.5) is 0 Å². The molecule has 2 saturated carbocycles. The summed E-state index contributed by atoms with van der Waals surface area (Å²) in [5.41, 5.74) is -0.194. The molecule has 1 amide bonds. The van der Waals surface area contributed by atoms with Crippen LogP contribution in [0.5, 0.6) is 0 Å². The van der Waals surface area contributed by atoms with Crippen molar-refractivity contribution in [1.82, 2.24) is 4.31 Å². The number of hydrogen-bond acceptors (Lipinski definition) is 3. The maximum absolute atomic E-state index is 12.5. The molecule has 2 unspecified atom stereocenters. The summed E-state index contributed by atoms with van der Waals surface area (Å²) >= 11 is 0. The highest BCUT2D eigenvalue weighted by Gasteiger charge is 2.72. The molecule has 0 aromatic heterocycles. The van der Waals surface area contributed by atoms with E-state index in [2.05, 4.69) is 13.8 Å². The van der Waals surface area contributed by atoms with Crippen molar-refractivity contribution in [1.29, 1.82) is 0 Å². The van der Waals surface area contributed by atoms with Crippen LogP contribution < -0.4 is 0 Å². The number of sulfonamides is 1. The molecule has 1 saturated heterocycles. The molecule has 1 heterocycles. The van der Waals surface area contributed by atoms with Crippen LogP contribution in [0, 0.1) is 16.7 Å². The van der Waals surface area contributed by atoms with Gasteiger partial charge in [0.25, 0.3) is 5.91 Å². The molecule has 5 heteroatoms. The van der Waals surface area contributed by atoms with Gasteiger partial charge in [-0.25, -0.2) is 12.7 Å². The van der Waals surface area contributed by atoms with Gasteiger partial charge in [0.2, 0.25) is 10.0 Å². The fourth-order valence-electron chi connectivity index (χ4n) is 4.87. The van der Waals surface area contributed by atoms with Gasteiger partial charge in [-0.3, -0.25) is 4.79 Å². The summed E-state index contributed by atoms with van der Waals surface area (Å²) in [4.78, 5) is 12.3. The van der Waals surface area contributed by atoms with Crippen LogP contribution in [0.1, 0.15) is 46.5 Å². The van der Waals surface area contributed by atoms with Gasteiger partial charge in [0, 0.05) is 11.5 Å². The van der Waals surface area contributed by atoms with Crippen molar-refractivity contribution >= 4 is 15.9 Å². The molecule has 1 aliphatic heterocycles. The minimum Gasteiger partial charge on any atom is -0.269 e. The number of amides is 1. The lowest BCUT2D eigenvalue weighted by Crippen LogP contribution is -2.43. The van der Waals surface area contributed by atoms with Crippen LogP contribution in [0.25, 0.3) is 0 Å². The summed E-state index contributed by atoms with van der Waals surface area (Å²) in [6, 6.07) is -0.116. The van der Waals surface area contributed by atoms with Gasteiger partial charge in [-0.2, -0.15) is 0 Å². The normalized spacial score (nSPS) is 40.5. The Labute approximate surface area is 121 Å². The smallest absolute Gasteiger partial charge is 0.259 e. The van der Waals surface area contributed by atoms with Gasteiger partial charge in [-0.05, 0) is 37.0 Å². The summed E-state index contributed by atoms with van der Waals surface area (Å²) in [6.45, 7) is 6.32. The van der Waals surface area contributed by atoms with E-state index in [1.165, 1.54) is 10.4 Å². The molecular weight excluding hydrogens is 274 g/mol. The monoisotopic (exact) mass is 297 g/mol. The Balaban J connectivity index is 2.02. The first-order valence-corrected chi connectivity index (χ1v) is 9.10. The van der Waals surface area contributed by atoms with Gasteiger partial charge in [0.1, 0.15) is 0 Å². The molecular formula is C15H23NO3S. The second-order valence-electron chi connectivity index (χ2n) is 7.07. The lowest BCUT2D eigenvalue weighted by Gasteiger charge is -2.36. The Morgan fingerprint density at radius 2 is 2.10 bits per heavy atom. The third-order valence-corrected chi connectivity index (χ3v) is 8.04. The first-order valence-electron chi connectivity index (χ1n) is 7.49. The third-order valence-electron chi connectivity index (χ3n) is 6.12. The van der Waals surface area contributed by atoms with Crippen LogP contribution in [0.2, 0.25) is 0 Å². The zero-order chi connectivity index (χ0) is 14.8. The van der Waals surface area contributed by atoms with Gasteiger partial charge in [0.15, 0.2) is 0 Å². The number of fused-ring (bicyclic) bond motifs is 1. The lowest BCUT2D eigenvalue weighted by molar-refractivity contribution is -0.124. The first-order chi connectivity index (χ1) is 9.26. The average Bonchev–Trinajstić information content (AvgIpc) is 2.82. The summed E-state index contributed by atoms with van der Waals surface area (Å²) in [6.07, 6.45) is 6.79. The maximum atomic E-state index is 12.5. The molecule has 2 bridgehead atoms. The summed E-state index contributed by atoms with van der Waals surface area (Å²) < 4.78 is 26.3. The van der Waals surface area contributed by atoms with Gasteiger partial charge >= 0.3 is 0 Å². The van der Waals surface area contributed by atoms with Crippen molar-refractivity contribution in [2.75, 3.05) is 5.75 Å². The van der Waals surface area contributed by atoms with E-state index in [0.29, 0.717) is 5.92 Å². The topological polar surface area (TPSA) is 54.5 Å². The molecule has 3 atom stereocenters. The van der Waals surface area contributed by atoms with Crippen LogP contribution in [-0.4, -0.2) is 30.4 Å². The number of nitrogens with zero attached hydrogens (tertiary/aromatic N) is 1. The summed E-state index contributed by atoms with van der Waals surface area (Å²) in [7, 11) is -3.46. The number of allylic oxidation sites excluding steroid dienone is 1. The van der Waals surface area contributed by atoms with Crippen LogP contribution in [-0.2, 0) is 14.8 Å². The molecule has 3 fully saturated rings. The van der Waals surface area contributed by atoms with Crippen LogP contribution >= 0.6 is 0 Å². The molecule has 0 radical (unpaired) electrons. The molecule has 3 aliphatic rings. The van der Waals surface area contributed by atoms with Gasteiger partial charge in [-0.15, -0.1) is 0 Å². The summed E-state index contributed by atoms with van der Waals surface area (Å²) in [5.74, 6) is 0.352.